The van der Waals surface area contributed by atoms with E-state index in [0.29, 0.717) is 6.07 Å². The van der Waals surface area contributed by atoms with Gasteiger partial charge in [-0.25, -0.2) is 4.98 Å². The predicted molar refractivity (Wildman–Crippen MR) is 45.4 cm³/mol. The van der Waals surface area contributed by atoms with Crippen molar-refractivity contribution in [3.8, 4) is 5.88 Å². The monoisotopic (exact) mass is 259 g/mol. The fourth-order valence-electron chi connectivity index (χ4n) is 0.924. The molecule has 8 heteroatoms. The summed E-state index contributed by atoms with van der Waals surface area (Å²) in [6, 6.07) is 2.78. The van der Waals surface area contributed by atoms with Crippen LogP contribution in [0, 0.1) is 0 Å². The molecule has 0 unspecified atom stereocenters. The lowest BCUT2D eigenvalue weighted by molar-refractivity contribution is -0.143. The number of alkyl halides is 6. The normalized spacial score (nSPS) is 12.6. The van der Waals surface area contributed by atoms with E-state index in [1.54, 1.807) is 0 Å². The number of pyridine rings is 1. The van der Waals surface area contributed by atoms with E-state index in [4.69, 9.17) is 0 Å². The Morgan fingerprint density at radius 3 is 2.24 bits per heavy atom. The lowest BCUT2D eigenvalue weighted by Gasteiger charge is -2.10. The van der Waals surface area contributed by atoms with Gasteiger partial charge in [0.05, 0.1) is 13.0 Å². The molecule has 0 aliphatic rings. The Morgan fingerprint density at radius 2 is 1.71 bits per heavy atom. The molecule has 0 spiro atoms. The quantitative estimate of drug-likeness (QED) is 0.776. The molecule has 0 saturated heterocycles. The van der Waals surface area contributed by atoms with Crippen molar-refractivity contribution >= 4 is 0 Å². The molecule has 0 saturated carbocycles. The van der Waals surface area contributed by atoms with Crippen LogP contribution in [0.15, 0.2) is 18.2 Å². The van der Waals surface area contributed by atoms with Gasteiger partial charge in [0, 0.05) is 6.07 Å². The maximum atomic E-state index is 12.2. The second kappa shape index (κ2) is 4.80. The third kappa shape index (κ3) is 4.92. The maximum absolute atomic E-state index is 12.2. The lowest BCUT2D eigenvalue weighted by atomic mass is 10.3. The van der Waals surface area contributed by atoms with Gasteiger partial charge in [-0.05, 0) is 6.07 Å². The molecule has 0 bridgehead atoms. The Kier molecular flexibility index (Phi) is 3.84. The van der Waals surface area contributed by atoms with Crippen molar-refractivity contribution in [1.82, 2.24) is 4.98 Å². The van der Waals surface area contributed by atoms with Crippen molar-refractivity contribution in [3.63, 3.8) is 0 Å². The van der Waals surface area contributed by atoms with Gasteiger partial charge in [0.2, 0.25) is 5.88 Å². The Balaban J connectivity index is 2.61. The first-order chi connectivity index (χ1) is 7.68. The first-order valence-corrected chi connectivity index (χ1v) is 4.42. The van der Waals surface area contributed by atoms with Gasteiger partial charge >= 0.3 is 12.4 Å². The molecule has 1 heterocycles. The number of aromatic nitrogens is 1. The average molecular weight is 259 g/mol. The predicted octanol–water partition coefficient (Wildman–Crippen LogP) is 3.43. The van der Waals surface area contributed by atoms with E-state index >= 15 is 0 Å². The van der Waals surface area contributed by atoms with Gasteiger partial charge in [0.1, 0.15) is 5.69 Å². The molecule has 1 aromatic rings. The zero-order valence-electron chi connectivity index (χ0n) is 8.27. The van der Waals surface area contributed by atoms with Crippen LogP contribution in [0.1, 0.15) is 12.1 Å². The molecule has 1 aromatic heterocycles. The second-order valence-electron chi connectivity index (χ2n) is 3.07. The van der Waals surface area contributed by atoms with Crippen LogP contribution < -0.4 is 4.74 Å². The van der Waals surface area contributed by atoms with Crippen molar-refractivity contribution < 1.29 is 31.1 Å². The van der Waals surface area contributed by atoms with Crippen LogP contribution in [0.2, 0.25) is 0 Å². The van der Waals surface area contributed by atoms with Crippen molar-refractivity contribution in [2.45, 2.75) is 18.8 Å². The van der Waals surface area contributed by atoms with Crippen LogP contribution in [0.3, 0.4) is 0 Å². The topological polar surface area (TPSA) is 22.1 Å². The Hall–Kier alpha value is -1.47. The van der Waals surface area contributed by atoms with Crippen LogP contribution in [-0.4, -0.2) is 17.8 Å². The van der Waals surface area contributed by atoms with E-state index in [-0.39, 0.29) is 0 Å². The third-order valence-electron chi connectivity index (χ3n) is 1.65. The lowest BCUT2D eigenvalue weighted by Crippen LogP contribution is -2.14. The Morgan fingerprint density at radius 1 is 1.06 bits per heavy atom. The van der Waals surface area contributed by atoms with E-state index < -0.39 is 37.0 Å². The summed E-state index contributed by atoms with van der Waals surface area (Å²) in [5.74, 6) is -0.482. The molecular weight excluding hydrogens is 252 g/mol. The maximum Gasteiger partial charge on any atom is 0.433 e. The van der Waals surface area contributed by atoms with Gasteiger partial charge in [-0.15, -0.1) is 0 Å². The van der Waals surface area contributed by atoms with E-state index in [2.05, 4.69) is 9.72 Å². The zero-order valence-corrected chi connectivity index (χ0v) is 8.27. The van der Waals surface area contributed by atoms with Crippen LogP contribution in [0.4, 0.5) is 26.3 Å². The summed E-state index contributed by atoms with van der Waals surface area (Å²) in [6.45, 7) is -0.766. The minimum atomic E-state index is -4.65. The summed E-state index contributed by atoms with van der Waals surface area (Å²) in [5.41, 5.74) is -1.21. The molecule has 0 fully saturated rings. The summed E-state index contributed by atoms with van der Waals surface area (Å²) in [6.07, 6.45) is -10.3. The van der Waals surface area contributed by atoms with E-state index in [0.717, 1.165) is 12.1 Å². The highest BCUT2D eigenvalue weighted by Gasteiger charge is 2.32. The minimum absolute atomic E-state index is 0.482. The summed E-state index contributed by atoms with van der Waals surface area (Å²) >= 11 is 0. The van der Waals surface area contributed by atoms with Crippen molar-refractivity contribution in [1.29, 1.82) is 0 Å². The summed E-state index contributed by atoms with van der Waals surface area (Å²) in [4.78, 5) is 3.05. The fraction of sp³-hybridized carbons (Fsp3) is 0.444. The number of hydrogen-bond donors (Lipinski definition) is 0. The number of nitrogens with zero attached hydrogens (tertiary/aromatic N) is 1. The molecule has 0 aliphatic carbocycles. The van der Waals surface area contributed by atoms with Crippen LogP contribution >= 0.6 is 0 Å². The molecule has 0 amide bonds. The zero-order chi connectivity index (χ0) is 13.1. The summed E-state index contributed by atoms with van der Waals surface area (Å²) in [5, 5.41) is 0. The van der Waals surface area contributed by atoms with Gasteiger partial charge in [-0.2, -0.15) is 26.3 Å². The van der Waals surface area contributed by atoms with Gasteiger partial charge in [-0.3, -0.25) is 0 Å². The molecule has 0 radical (unpaired) electrons. The smallest absolute Gasteiger partial charge is 0.433 e. The first-order valence-electron chi connectivity index (χ1n) is 4.42. The molecule has 17 heavy (non-hydrogen) atoms. The molecule has 96 valence electrons. The molecule has 0 atom stereocenters. The number of hydrogen-bond acceptors (Lipinski definition) is 2. The molecule has 0 N–H and O–H groups in total. The highest BCUT2D eigenvalue weighted by atomic mass is 19.4. The third-order valence-corrected chi connectivity index (χ3v) is 1.65. The summed E-state index contributed by atoms with van der Waals surface area (Å²) in [7, 11) is 0. The molecule has 2 nitrogen and oxygen atoms in total. The number of rotatable bonds is 3. The van der Waals surface area contributed by atoms with Gasteiger partial charge in [0.25, 0.3) is 0 Å². The highest BCUT2D eigenvalue weighted by Crippen LogP contribution is 2.28. The molecule has 0 aromatic carbocycles. The highest BCUT2D eigenvalue weighted by molar-refractivity contribution is 5.17. The van der Waals surface area contributed by atoms with Crippen LogP contribution in [-0.2, 0) is 6.18 Å². The minimum Gasteiger partial charge on any atom is -0.477 e. The summed E-state index contributed by atoms with van der Waals surface area (Å²) < 4.78 is 76.3. The van der Waals surface area contributed by atoms with E-state index in [9.17, 15) is 26.3 Å². The second-order valence-corrected chi connectivity index (χ2v) is 3.07. The van der Waals surface area contributed by atoms with Gasteiger partial charge in [0.15, 0.2) is 0 Å². The SMILES string of the molecule is FC(F)(F)CCOc1cccc(C(F)(F)F)n1. The standard InChI is InChI=1S/C9H7F6NO/c10-8(11,12)4-5-17-7-3-1-2-6(16-7)9(13,14)15/h1-3H,4-5H2. The molecule has 1 rings (SSSR count). The Bertz CT molecular complexity index is 372. The van der Waals surface area contributed by atoms with Crippen molar-refractivity contribution in [3.05, 3.63) is 23.9 Å². The van der Waals surface area contributed by atoms with E-state index in [1.165, 1.54) is 0 Å². The average Bonchev–Trinajstić information content (AvgIpc) is 2.15. The molecule has 0 aliphatic heterocycles. The fourth-order valence-corrected chi connectivity index (χ4v) is 0.924. The largest absolute Gasteiger partial charge is 0.477 e. The van der Waals surface area contributed by atoms with Crippen molar-refractivity contribution in [2.75, 3.05) is 6.61 Å². The first kappa shape index (κ1) is 13.6. The van der Waals surface area contributed by atoms with Gasteiger partial charge < -0.3 is 4.74 Å². The Labute approximate surface area is 92.2 Å². The van der Waals surface area contributed by atoms with Crippen LogP contribution in [0.25, 0.3) is 0 Å². The number of ether oxygens (including phenoxy) is 1. The number of halogens is 6. The van der Waals surface area contributed by atoms with Crippen LogP contribution in [0.5, 0.6) is 5.88 Å². The van der Waals surface area contributed by atoms with Gasteiger partial charge in [-0.1, -0.05) is 6.07 Å². The van der Waals surface area contributed by atoms with E-state index in [1.807, 2.05) is 0 Å². The van der Waals surface area contributed by atoms with Crippen molar-refractivity contribution in [2.24, 2.45) is 0 Å². The molecular formula is C9H7F6NO.